The van der Waals surface area contributed by atoms with Crippen molar-refractivity contribution in [3.63, 3.8) is 0 Å². The molecule has 2 heterocycles. The van der Waals surface area contributed by atoms with Crippen LogP contribution >= 0.6 is 0 Å². The van der Waals surface area contributed by atoms with Crippen molar-refractivity contribution >= 4 is 16.9 Å². The maximum absolute atomic E-state index is 14.7. The summed E-state index contributed by atoms with van der Waals surface area (Å²) in [5.41, 5.74) is 3.56. The number of fused-ring (bicyclic) bond motifs is 1. The largest absolute Gasteiger partial charge is 0.481 e. The lowest BCUT2D eigenvalue weighted by Crippen LogP contribution is -2.08. The predicted octanol–water partition coefficient (Wildman–Crippen LogP) is 4.48. The minimum Gasteiger partial charge on any atom is -0.481 e. The first kappa shape index (κ1) is 18.9. The van der Waals surface area contributed by atoms with E-state index in [2.05, 4.69) is 4.98 Å². The zero-order valence-electron chi connectivity index (χ0n) is 15.8. The highest BCUT2D eigenvalue weighted by atomic mass is 19.1. The molecule has 0 saturated heterocycles. The lowest BCUT2D eigenvalue weighted by molar-refractivity contribution is -0.136. The molecule has 4 rings (SSSR count). The zero-order chi connectivity index (χ0) is 20.5. The van der Waals surface area contributed by atoms with Gasteiger partial charge in [0, 0.05) is 41.8 Å². The van der Waals surface area contributed by atoms with Crippen molar-refractivity contribution in [2.45, 2.75) is 26.3 Å². The number of carbonyl (C=O) groups is 1. The first-order chi connectivity index (χ1) is 13.9. The molecule has 0 aliphatic rings. The Bertz CT molecular complexity index is 1180. The predicted molar refractivity (Wildman–Crippen MR) is 105 cm³/mol. The normalized spacial score (nSPS) is 11.3. The Balaban J connectivity index is 1.77. The van der Waals surface area contributed by atoms with Gasteiger partial charge in [0.2, 0.25) is 0 Å². The van der Waals surface area contributed by atoms with E-state index in [-0.39, 0.29) is 12.8 Å². The summed E-state index contributed by atoms with van der Waals surface area (Å²) < 4.78 is 32.1. The average molecular weight is 395 g/mol. The maximum atomic E-state index is 14.7. The minimum atomic E-state index is -0.933. The van der Waals surface area contributed by atoms with Crippen LogP contribution in [-0.4, -0.2) is 25.2 Å². The number of carboxylic acids is 1. The fourth-order valence-electron chi connectivity index (χ4n) is 3.71. The lowest BCUT2D eigenvalue weighted by atomic mass is 10.1. The van der Waals surface area contributed by atoms with Crippen LogP contribution in [0.25, 0.3) is 16.6 Å². The van der Waals surface area contributed by atoms with Crippen LogP contribution in [0.1, 0.15) is 23.2 Å². The van der Waals surface area contributed by atoms with Crippen LogP contribution in [0.3, 0.4) is 0 Å². The quantitative estimate of drug-likeness (QED) is 0.524. The first-order valence-electron chi connectivity index (χ1n) is 9.20. The molecule has 0 bridgehead atoms. The van der Waals surface area contributed by atoms with Gasteiger partial charge < -0.3 is 14.2 Å². The Morgan fingerprint density at radius 2 is 1.93 bits per heavy atom. The molecule has 0 atom stereocenters. The maximum Gasteiger partial charge on any atom is 0.303 e. The van der Waals surface area contributed by atoms with Gasteiger partial charge in [-0.3, -0.25) is 4.79 Å². The van der Waals surface area contributed by atoms with Crippen LogP contribution < -0.4 is 0 Å². The van der Waals surface area contributed by atoms with E-state index < -0.39 is 17.6 Å². The van der Waals surface area contributed by atoms with Crippen molar-refractivity contribution in [2.24, 2.45) is 0 Å². The summed E-state index contributed by atoms with van der Waals surface area (Å²) in [4.78, 5) is 15.1. The number of aryl methyl sites for hydroxylation is 1. The monoisotopic (exact) mass is 395 g/mol. The molecule has 0 spiro atoms. The third-order valence-corrected chi connectivity index (χ3v) is 5.12. The van der Waals surface area contributed by atoms with E-state index in [0.29, 0.717) is 28.7 Å². The fraction of sp³-hybridized carbons (Fsp3) is 0.182. The fourth-order valence-corrected chi connectivity index (χ4v) is 3.71. The Hall–Kier alpha value is -3.48. The van der Waals surface area contributed by atoms with Gasteiger partial charge in [-0.05, 0) is 42.7 Å². The molecule has 1 N–H and O–H groups in total. The summed E-state index contributed by atoms with van der Waals surface area (Å²) in [6.45, 7) is 2.13. The second-order valence-electron chi connectivity index (χ2n) is 6.97. The highest BCUT2D eigenvalue weighted by molar-refractivity contribution is 5.86. The number of nitrogens with zero attached hydrogens (tertiary/aromatic N) is 3. The SMILES string of the molecule is Cc1c(CCC(=O)O)n(Cc2ccc(-n3ccnc3)cc2)c2c(F)cc(F)cc12. The lowest BCUT2D eigenvalue weighted by Gasteiger charge is -2.12. The molecule has 148 valence electrons. The van der Waals surface area contributed by atoms with Crippen molar-refractivity contribution in [1.82, 2.24) is 14.1 Å². The van der Waals surface area contributed by atoms with Gasteiger partial charge in [-0.2, -0.15) is 0 Å². The zero-order valence-corrected chi connectivity index (χ0v) is 15.8. The molecule has 5 nitrogen and oxygen atoms in total. The van der Waals surface area contributed by atoms with Crippen LogP contribution in [0.5, 0.6) is 0 Å². The van der Waals surface area contributed by atoms with Gasteiger partial charge in [-0.15, -0.1) is 0 Å². The molecule has 0 radical (unpaired) electrons. The van der Waals surface area contributed by atoms with E-state index >= 15 is 0 Å². The molecule has 2 aromatic heterocycles. The van der Waals surface area contributed by atoms with E-state index in [0.717, 1.165) is 17.3 Å². The molecular weight excluding hydrogens is 376 g/mol. The smallest absolute Gasteiger partial charge is 0.303 e. The number of aliphatic carboxylic acids is 1. The average Bonchev–Trinajstić information content (AvgIpc) is 3.29. The Morgan fingerprint density at radius 1 is 1.17 bits per heavy atom. The van der Waals surface area contributed by atoms with Gasteiger partial charge in [0.25, 0.3) is 0 Å². The van der Waals surface area contributed by atoms with Crippen molar-refractivity contribution in [1.29, 1.82) is 0 Å². The van der Waals surface area contributed by atoms with Crippen molar-refractivity contribution < 1.29 is 18.7 Å². The molecule has 0 aliphatic heterocycles. The molecule has 0 aliphatic carbocycles. The number of rotatable bonds is 6. The van der Waals surface area contributed by atoms with Gasteiger partial charge in [0.1, 0.15) is 11.6 Å². The number of hydrogen-bond acceptors (Lipinski definition) is 2. The van der Waals surface area contributed by atoms with Crippen molar-refractivity contribution in [3.05, 3.63) is 83.6 Å². The second kappa shape index (κ2) is 7.50. The highest BCUT2D eigenvalue weighted by Crippen LogP contribution is 2.30. The number of aromatic nitrogens is 3. The number of halogens is 2. The van der Waals surface area contributed by atoms with Gasteiger partial charge in [-0.1, -0.05) is 12.1 Å². The summed E-state index contributed by atoms with van der Waals surface area (Å²) in [5.74, 6) is -2.23. The van der Waals surface area contributed by atoms with E-state index in [1.165, 1.54) is 6.07 Å². The number of imidazole rings is 1. The van der Waals surface area contributed by atoms with Crippen LogP contribution in [0.2, 0.25) is 0 Å². The molecular formula is C22H19F2N3O2. The number of carboxylic acid groups (broad SMARTS) is 1. The van der Waals surface area contributed by atoms with Gasteiger partial charge in [-0.25, -0.2) is 13.8 Å². The van der Waals surface area contributed by atoms with Crippen LogP contribution in [0.4, 0.5) is 8.78 Å². The Kier molecular flexibility index (Phi) is 4.88. The van der Waals surface area contributed by atoms with Gasteiger partial charge in [0.05, 0.1) is 18.3 Å². The summed E-state index contributed by atoms with van der Waals surface area (Å²) in [7, 11) is 0. The van der Waals surface area contributed by atoms with E-state index in [4.69, 9.17) is 5.11 Å². The van der Waals surface area contributed by atoms with E-state index in [9.17, 15) is 13.6 Å². The molecule has 0 saturated carbocycles. The Morgan fingerprint density at radius 3 is 2.59 bits per heavy atom. The molecule has 0 amide bonds. The first-order valence-corrected chi connectivity index (χ1v) is 9.20. The molecule has 0 fully saturated rings. The topological polar surface area (TPSA) is 60.0 Å². The third-order valence-electron chi connectivity index (χ3n) is 5.12. The standard InChI is InChI=1S/C22H19F2N3O2/c1-14-18-10-16(23)11-19(24)22(18)27(20(14)6-7-21(28)29)12-15-2-4-17(5-3-15)26-9-8-25-13-26/h2-5,8-11,13H,6-7,12H2,1H3,(H,28,29). The highest BCUT2D eigenvalue weighted by Gasteiger charge is 2.19. The van der Waals surface area contributed by atoms with Crippen molar-refractivity contribution in [2.75, 3.05) is 0 Å². The third kappa shape index (κ3) is 3.63. The van der Waals surface area contributed by atoms with Crippen molar-refractivity contribution in [3.8, 4) is 5.69 Å². The molecule has 0 unspecified atom stereocenters. The summed E-state index contributed by atoms with van der Waals surface area (Å²) in [6, 6.07) is 9.89. The van der Waals surface area contributed by atoms with Crippen LogP contribution in [0.15, 0.2) is 55.1 Å². The summed E-state index contributed by atoms with van der Waals surface area (Å²) >= 11 is 0. The Labute approximate surface area is 165 Å². The second-order valence-corrected chi connectivity index (χ2v) is 6.97. The van der Waals surface area contributed by atoms with Gasteiger partial charge in [0.15, 0.2) is 0 Å². The van der Waals surface area contributed by atoms with Crippen LogP contribution in [-0.2, 0) is 17.8 Å². The number of benzene rings is 2. The number of hydrogen-bond donors (Lipinski definition) is 1. The summed E-state index contributed by atoms with van der Waals surface area (Å²) in [6.07, 6.45) is 5.39. The van der Waals surface area contributed by atoms with E-state index in [1.807, 2.05) is 35.0 Å². The molecule has 29 heavy (non-hydrogen) atoms. The molecule has 4 aromatic rings. The minimum absolute atomic E-state index is 0.0825. The van der Waals surface area contributed by atoms with Crippen LogP contribution in [0, 0.1) is 18.6 Å². The van der Waals surface area contributed by atoms with E-state index in [1.54, 1.807) is 24.0 Å². The molecule has 7 heteroatoms. The van der Waals surface area contributed by atoms with Gasteiger partial charge >= 0.3 is 5.97 Å². The molecule has 2 aromatic carbocycles. The summed E-state index contributed by atoms with van der Waals surface area (Å²) in [5, 5.41) is 9.56.